The molecule has 0 saturated heterocycles. The fraction of sp³-hybridized carbons (Fsp3) is 0.750. The third-order valence-electron chi connectivity index (χ3n) is 4.62. The van der Waals surface area contributed by atoms with E-state index in [9.17, 15) is 0 Å². The van der Waals surface area contributed by atoms with Crippen molar-refractivity contribution in [3.8, 4) is 0 Å². The molecule has 2 atom stereocenters. The summed E-state index contributed by atoms with van der Waals surface area (Å²) >= 11 is 0. The van der Waals surface area contributed by atoms with Gasteiger partial charge in [0.2, 0.25) is 11.7 Å². The first-order valence-electron chi connectivity index (χ1n) is 8.15. The Balaban J connectivity index is 1.83. The van der Waals surface area contributed by atoms with Gasteiger partial charge >= 0.3 is 0 Å². The molecule has 5 heteroatoms. The minimum absolute atomic E-state index is 0.101. The molecule has 1 saturated carbocycles. The lowest BCUT2D eigenvalue weighted by atomic mass is 9.93. The number of nitrogens with two attached hydrogens (primary N) is 1. The van der Waals surface area contributed by atoms with Crippen molar-refractivity contribution in [3.05, 3.63) is 23.9 Å². The molecule has 3 rings (SSSR count). The zero-order valence-electron chi connectivity index (χ0n) is 12.8. The molecule has 116 valence electrons. The van der Waals surface area contributed by atoms with Gasteiger partial charge in [0.1, 0.15) is 5.60 Å². The molecule has 0 aliphatic heterocycles. The van der Waals surface area contributed by atoms with Crippen LogP contribution >= 0.6 is 0 Å². The Morgan fingerprint density at radius 2 is 2.05 bits per heavy atom. The summed E-state index contributed by atoms with van der Waals surface area (Å²) in [7, 11) is 0. The van der Waals surface area contributed by atoms with Crippen molar-refractivity contribution < 1.29 is 9.26 Å². The molecule has 0 radical (unpaired) electrons. The lowest BCUT2D eigenvalue weighted by molar-refractivity contribution is -0.0636. The second kappa shape index (κ2) is 6.28. The topological polar surface area (TPSA) is 74.2 Å². The maximum absolute atomic E-state index is 6.11. The van der Waals surface area contributed by atoms with Gasteiger partial charge in [-0.2, -0.15) is 4.98 Å². The van der Waals surface area contributed by atoms with Crippen LogP contribution < -0.4 is 5.73 Å². The quantitative estimate of drug-likeness (QED) is 0.681. The van der Waals surface area contributed by atoms with E-state index in [1.54, 1.807) is 0 Å². The smallest absolute Gasteiger partial charge is 0.233 e. The van der Waals surface area contributed by atoms with Gasteiger partial charge in [0.05, 0.1) is 5.92 Å². The lowest BCUT2D eigenvalue weighted by Gasteiger charge is -2.29. The van der Waals surface area contributed by atoms with Gasteiger partial charge in [-0.05, 0) is 26.2 Å². The first-order valence-corrected chi connectivity index (χ1v) is 8.15. The number of aromatic nitrogens is 2. The number of hydrogen-bond acceptors (Lipinski definition) is 5. The molecule has 0 aromatic carbocycles. The Morgan fingerprint density at radius 1 is 1.29 bits per heavy atom. The summed E-state index contributed by atoms with van der Waals surface area (Å²) in [5, 5.41) is 4.26. The summed E-state index contributed by atoms with van der Waals surface area (Å²) in [5.74, 6) is 1.57. The van der Waals surface area contributed by atoms with Gasteiger partial charge in [-0.1, -0.05) is 43.0 Å². The van der Waals surface area contributed by atoms with Crippen LogP contribution in [0.1, 0.15) is 69.5 Å². The molecule has 1 fully saturated rings. The van der Waals surface area contributed by atoms with Crippen LogP contribution in [0.5, 0.6) is 0 Å². The second-order valence-corrected chi connectivity index (χ2v) is 6.19. The first-order chi connectivity index (χ1) is 10.2. The monoisotopic (exact) mass is 291 g/mol. The molecule has 1 aromatic rings. The largest absolute Gasteiger partial charge is 0.367 e. The van der Waals surface area contributed by atoms with Gasteiger partial charge in [-0.15, -0.1) is 0 Å². The van der Waals surface area contributed by atoms with Crippen LogP contribution in [-0.2, 0) is 10.3 Å². The lowest BCUT2D eigenvalue weighted by Crippen LogP contribution is -2.30. The van der Waals surface area contributed by atoms with Gasteiger partial charge in [-0.25, -0.2) is 0 Å². The zero-order chi connectivity index (χ0) is 14.7. The predicted octanol–water partition coefficient (Wildman–Crippen LogP) is 3.03. The predicted molar refractivity (Wildman–Crippen MR) is 79.8 cm³/mol. The number of allylic oxidation sites excluding steroid dienone is 1. The Morgan fingerprint density at radius 3 is 2.67 bits per heavy atom. The van der Waals surface area contributed by atoms with Crippen molar-refractivity contribution in [2.45, 2.75) is 69.4 Å². The number of hydrogen-bond donors (Lipinski definition) is 1. The van der Waals surface area contributed by atoms with E-state index in [1.165, 1.54) is 12.8 Å². The van der Waals surface area contributed by atoms with Crippen molar-refractivity contribution in [2.75, 3.05) is 6.61 Å². The fourth-order valence-electron chi connectivity index (χ4n) is 3.49. The molecule has 1 heterocycles. The Labute approximate surface area is 125 Å². The van der Waals surface area contributed by atoms with Crippen LogP contribution in [0, 0.1) is 0 Å². The summed E-state index contributed by atoms with van der Waals surface area (Å²) in [6.45, 7) is 2.71. The van der Waals surface area contributed by atoms with E-state index in [2.05, 4.69) is 16.2 Å². The molecule has 5 nitrogen and oxygen atoms in total. The molecule has 2 aliphatic carbocycles. The Hall–Kier alpha value is -1.20. The minimum atomic E-state index is -0.350. The van der Waals surface area contributed by atoms with Crippen molar-refractivity contribution in [2.24, 2.45) is 5.73 Å². The van der Waals surface area contributed by atoms with E-state index in [-0.39, 0.29) is 17.6 Å². The maximum Gasteiger partial charge on any atom is 0.233 e. The van der Waals surface area contributed by atoms with Crippen LogP contribution in [0.3, 0.4) is 0 Å². The standard InChI is InChI=1S/C16H25N3O2/c1-2-20-16(9-5-3-4-6-10-16)15-18-14(21-19-15)12-7-8-13(17)11-12/h7-8,12-13H,2-6,9-11,17H2,1H3. The molecule has 0 amide bonds. The molecule has 0 spiro atoms. The molecular weight excluding hydrogens is 266 g/mol. The Kier molecular flexibility index (Phi) is 4.40. The van der Waals surface area contributed by atoms with E-state index in [0.29, 0.717) is 12.5 Å². The second-order valence-electron chi connectivity index (χ2n) is 6.19. The molecule has 2 N–H and O–H groups in total. The van der Waals surface area contributed by atoms with Crippen LogP contribution in [0.4, 0.5) is 0 Å². The average molecular weight is 291 g/mol. The van der Waals surface area contributed by atoms with Crippen molar-refractivity contribution >= 4 is 0 Å². The molecule has 0 bridgehead atoms. The maximum atomic E-state index is 6.11. The van der Waals surface area contributed by atoms with E-state index in [1.807, 2.05) is 13.0 Å². The number of ether oxygens (including phenoxy) is 1. The van der Waals surface area contributed by atoms with E-state index in [4.69, 9.17) is 15.0 Å². The molecule has 2 unspecified atom stereocenters. The SMILES string of the molecule is CCOC1(c2noc(C3C=CC(N)C3)n2)CCCCCC1. The third kappa shape index (κ3) is 3.04. The normalized spacial score (nSPS) is 28.7. The number of rotatable bonds is 4. The third-order valence-corrected chi connectivity index (χ3v) is 4.62. The minimum Gasteiger partial charge on any atom is -0.367 e. The highest BCUT2D eigenvalue weighted by Gasteiger charge is 2.39. The van der Waals surface area contributed by atoms with E-state index in [0.717, 1.165) is 37.9 Å². The summed E-state index contributed by atoms with van der Waals surface area (Å²) < 4.78 is 11.6. The molecule has 2 aliphatic rings. The van der Waals surface area contributed by atoms with E-state index >= 15 is 0 Å². The molecule has 1 aromatic heterocycles. The van der Waals surface area contributed by atoms with Crippen LogP contribution in [0.15, 0.2) is 16.7 Å². The van der Waals surface area contributed by atoms with Crippen molar-refractivity contribution in [3.63, 3.8) is 0 Å². The van der Waals surface area contributed by atoms with Gasteiger partial charge in [0.25, 0.3) is 0 Å². The highest BCUT2D eigenvalue weighted by molar-refractivity contribution is 5.16. The molecule has 21 heavy (non-hydrogen) atoms. The summed E-state index contributed by atoms with van der Waals surface area (Å²) in [6, 6.07) is 0.101. The fourth-order valence-corrected chi connectivity index (χ4v) is 3.49. The van der Waals surface area contributed by atoms with Gasteiger partial charge < -0.3 is 15.0 Å². The summed E-state index contributed by atoms with van der Waals surface area (Å²) in [4.78, 5) is 4.67. The van der Waals surface area contributed by atoms with Crippen molar-refractivity contribution in [1.29, 1.82) is 0 Å². The highest BCUT2D eigenvalue weighted by Crippen LogP contribution is 2.39. The van der Waals surface area contributed by atoms with Gasteiger partial charge in [-0.3, -0.25) is 0 Å². The van der Waals surface area contributed by atoms with Crippen LogP contribution in [0.2, 0.25) is 0 Å². The average Bonchev–Trinajstić information content (AvgIpc) is 3.06. The van der Waals surface area contributed by atoms with Gasteiger partial charge in [0, 0.05) is 12.6 Å². The molecular formula is C16H25N3O2. The summed E-state index contributed by atoms with van der Waals surface area (Å²) in [5.41, 5.74) is 5.56. The number of nitrogens with zero attached hydrogens (tertiary/aromatic N) is 2. The van der Waals surface area contributed by atoms with Crippen molar-refractivity contribution in [1.82, 2.24) is 10.1 Å². The zero-order valence-corrected chi connectivity index (χ0v) is 12.8. The first kappa shape index (κ1) is 14.7. The van der Waals surface area contributed by atoms with Crippen LogP contribution in [-0.4, -0.2) is 22.8 Å². The van der Waals surface area contributed by atoms with Crippen LogP contribution in [0.25, 0.3) is 0 Å². The Bertz CT molecular complexity index is 489. The van der Waals surface area contributed by atoms with E-state index < -0.39 is 0 Å². The summed E-state index contributed by atoms with van der Waals surface area (Å²) in [6.07, 6.45) is 11.8. The highest BCUT2D eigenvalue weighted by atomic mass is 16.5. The van der Waals surface area contributed by atoms with Gasteiger partial charge in [0.15, 0.2) is 0 Å².